The van der Waals surface area contributed by atoms with Crippen molar-refractivity contribution in [2.45, 2.75) is 44.4 Å². The molecule has 1 unspecified atom stereocenters. The van der Waals surface area contributed by atoms with Crippen LogP contribution in [0.1, 0.15) is 48.4 Å². The molecular weight excluding hydrogens is 260 g/mol. The molecule has 21 heavy (non-hydrogen) atoms. The Labute approximate surface area is 125 Å². The maximum atomic E-state index is 5.72. The Bertz CT molecular complexity index is 599. The molecule has 0 saturated carbocycles. The first-order chi connectivity index (χ1) is 10.4. The van der Waals surface area contributed by atoms with Crippen molar-refractivity contribution in [1.29, 1.82) is 0 Å². The van der Waals surface area contributed by atoms with Crippen LogP contribution < -0.4 is 4.90 Å². The Morgan fingerprint density at radius 3 is 2.67 bits per heavy atom. The fraction of sp³-hybridized carbons (Fsp3) is 0.500. The van der Waals surface area contributed by atoms with Crippen molar-refractivity contribution < 1.29 is 4.52 Å². The van der Waals surface area contributed by atoms with E-state index in [1.165, 1.54) is 42.5 Å². The van der Waals surface area contributed by atoms with E-state index in [1.54, 1.807) is 0 Å². The molecule has 2 aromatic rings. The second-order valence-electron chi connectivity index (χ2n) is 6.31. The molecule has 0 bridgehead atoms. The number of fused-ring (bicyclic) bond motifs is 1. The summed E-state index contributed by atoms with van der Waals surface area (Å²) in [6.45, 7) is 2.26. The Balaban J connectivity index is 1.56. The van der Waals surface area contributed by atoms with E-state index in [9.17, 15) is 0 Å². The minimum atomic E-state index is 0.595. The van der Waals surface area contributed by atoms with Gasteiger partial charge in [-0.2, -0.15) is 0 Å². The predicted molar refractivity (Wildman–Crippen MR) is 83.8 cm³/mol. The molecule has 1 atom stereocenters. The smallest absolute Gasteiger partial charge is 0.230 e. The first kappa shape index (κ1) is 12.9. The molecule has 0 amide bonds. The molecule has 110 valence electrons. The average Bonchev–Trinajstić information content (AvgIpc) is 2.99. The summed E-state index contributed by atoms with van der Waals surface area (Å²) in [5, 5.41) is 4.39. The van der Waals surface area contributed by atoms with E-state index in [0.29, 0.717) is 5.92 Å². The van der Waals surface area contributed by atoms with Gasteiger partial charge >= 0.3 is 0 Å². The summed E-state index contributed by atoms with van der Waals surface area (Å²) in [4.78, 5) is 2.40. The Kier molecular flexibility index (Phi) is 3.42. The molecule has 1 saturated heterocycles. The quantitative estimate of drug-likeness (QED) is 0.835. The van der Waals surface area contributed by atoms with Crippen LogP contribution in [0.4, 0.5) is 5.88 Å². The van der Waals surface area contributed by atoms with Crippen LogP contribution in [-0.4, -0.2) is 18.2 Å². The van der Waals surface area contributed by atoms with Crippen LogP contribution in [0.15, 0.2) is 34.9 Å². The maximum absolute atomic E-state index is 5.72. The monoisotopic (exact) mass is 282 g/mol. The van der Waals surface area contributed by atoms with E-state index >= 15 is 0 Å². The van der Waals surface area contributed by atoms with Crippen molar-refractivity contribution in [3.05, 3.63) is 47.2 Å². The number of aromatic nitrogens is 1. The van der Waals surface area contributed by atoms with Gasteiger partial charge in [0.25, 0.3) is 0 Å². The van der Waals surface area contributed by atoms with Crippen LogP contribution in [0, 0.1) is 0 Å². The highest BCUT2D eigenvalue weighted by molar-refractivity contribution is 5.48. The van der Waals surface area contributed by atoms with Gasteiger partial charge in [-0.25, -0.2) is 0 Å². The zero-order valence-electron chi connectivity index (χ0n) is 12.4. The Hall–Kier alpha value is -1.77. The molecule has 1 aromatic heterocycles. The summed E-state index contributed by atoms with van der Waals surface area (Å²) in [6.07, 6.45) is 7.24. The Morgan fingerprint density at radius 1 is 1.05 bits per heavy atom. The minimum absolute atomic E-state index is 0.595. The number of piperidine rings is 1. The number of benzene rings is 1. The van der Waals surface area contributed by atoms with Gasteiger partial charge in [0, 0.05) is 25.1 Å². The lowest BCUT2D eigenvalue weighted by molar-refractivity contribution is 0.397. The molecule has 1 aliphatic heterocycles. The fourth-order valence-electron chi connectivity index (χ4n) is 3.75. The first-order valence-electron chi connectivity index (χ1n) is 8.19. The lowest BCUT2D eigenvalue weighted by atomic mass is 9.83. The van der Waals surface area contributed by atoms with Gasteiger partial charge in [0.2, 0.25) is 5.88 Å². The summed E-state index contributed by atoms with van der Waals surface area (Å²) in [5.74, 6) is 1.66. The summed E-state index contributed by atoms with van der Waals surface area (Å²) < 4.78 is 5.72. The van der Waals surface area contributed by atoms with Crippen molar-refractivity contribution in [3.63, 3.8) is 0 Å². The molecule has 1 aromatic carbocycles. The second kappa shape index (κ2) is 5.55. The highest BCUT2D eigenvalue weighted by atomic mass is 16.5. The van der Waals surface area contributed by atoms with Gasteiger partial charge in [-0.3, -0.25) is 0 Å². The molecule has 2 heterocycles. The normalized spacial score (nSPS) is 22.1. The number of rotatable bonds is 2. The third kappa shape index (κ3) is 2.45. The maximum Gasteiger partial charge on any atom is 0.230 e. The molecule has 4 rings (SSSR count). The number of hydrogen-bond donors (Lipinski definition) is 0. The number of hydrogen-bond acceptors (Lipinski definition) is 3. The van der Waals surface area contributed by atoms with E-state index in [4.69, 9.17) is 4.52 Å². The third-order valence-electron chi connectivity index (χ3n) is 4.95. The van der Waals surface area contributed by atoms with Crippen LogP contribution in [0.5, 0.6) is 0 Å². The van der Waals surface area contributed by atoms with Crippen LogP contribution in [0.25, 0.3) is 0 Å². The summed E-state index contributed by atoms with van der Waals surface area (Å²) >= 11 is 0. The minimum Gasteiger partial charge on any atom is -0.340 e. The van der Waals surface area contributed by atoms with Gasteiger partial charge in [-0.15, -0.1) is 0 Å². The lowest BCUT2D eigenvalue weighted by Crippen LogP contribution is -2.30. The van der Waals surface area contributed by atoms with Gasteiger partial charge < -0.3 is 9.42 Å². The lowest BCUT2D eigenvalue weighted by Gasteiger charge is -2.28. The van der Waals surface area contributed by atoms with Crippen molar-refractivity contribution in [3.8, 4) is 0 Å². The molecule has 1 aliphatic carbocycles. The average molecular weight is 282 g/mol. The van der Waals surface area contributed by atoms with Gasteiger partial charge in [0.15, 0.2) is 0 Å². The van der Waals surface area contributed by atoms with E-state index in [1.807, 2.05) is 0 Å². The van der Waals surface area contributed by atoms with E-state index in [-0.39, 0.29) is 0 Å². The molecule has 3 heteroatoms. The molecule has 0 radical (unpaired) electrons. The summed E-state index contributed by atoms with van der Waals surface area (Å²) in [6, 6.07) is 10.8. The second-order valence-corrected chi connectivity index (χ2v) is 6.31. The van der Waals surface area contributed by atoms with Crippen molar-refractivity contribution in [2.24, 2.45) is 0 Å². The van der Waals surface area contributed by atoms with Gasteiger partial charge in [0.05, 0.1) is 5.69 Å². The van der Waals surface area contributed by atoms with Crippen molar-refractivity contribution in [2.75, 3.05) is 18.0 Å². The zero-order chi connectivity index (χ0) is 14.1. The number of nitrogens with zero attached hydrogens (tertiary/aromatic N) is 2. The van der Waals surface area contributed by atoms with Crippen molar-refractivity contribution >= 4 is 5.88 Å². The fourth-order valence-corrected chi connectivity index (χ4v) is 3.75. The highest BCUT2D eigenvalue weighted by Gasteiger charge is 2.29. The number of anilines is 1. The molecule has 1 fully saturated rings. The SMILES string of the molecule is c1ccc(C2CCc3c(noc3N3CCCCC3)C2)cc1. The van der Waals surface area contributed by atoms with Gasteiger partial charge in [0.1, 0.15) is 0 Å². The standard InChI is InChI=1S/C18H22N2O/c1-3-7-14(8-4-1)15-9-10-16-17(13-15)19-21-18(16)20-11-5-2-6-12-20/h1,3-4,7-8,15H,2,5-6,9-13H2. The Morgan fingerprint density at radius 2 is 1.86 bits per heavy atom. The van der Waals surface area contributed by atoms with E-state index in [0.717, 1.165) is 31.8 Å². The third-order valence-corrected chi connectivity index (χ3v) is 4.95. The van der Waals surface area contributed by atoms with E-state index in [2.05, 4.69) is 40.4 Å². The molecule has 0 spiro atoms. The predicted octanol–water partition coefficient (Wildman–Crippen LogP) is 3.94. The largest absolute Gasteiger partial charge is 0.340 e. The van der Waals surface area contributed by atoms with Crippen LogP contribution in [0.3, 0.4) is 0 Å². The van der Waals surface area contributed by atoms with Gasteiger partial charge in [-0.1, -0.05) is 35.5 Å². The summed E-state index contributed by atoms with van der Waals surface area (Å²) in [5.41, 5.74) is 4.01. The van der Waals surface area contributed by atoms with Crippen molar-refractivity contribution in [1.82, 2.24) is 5.16 Å². The molecule has 2 aliphatic rings. The highest BCUT2D eigenvalue weighted by Crippen LogP contribution is 2.37. The van der Waals surface area contributed by atoms with Gasteiger partial charge in [-0.05, 0) is 43.6 Å². The van der Waals surface area contributed by atoms with Crippen LogP contribution >= 0.6 is 0 Å². The molecular formula is C18H22N2O. The first-order valence-corrected chi connectivity index (χ1v) is 8.19. The van der Waals surface area contributed by atoms with Crippen LogP contribution in [-0.2, 0) is 12.8 Å². The topological polar surface area (TPSA) is 29.3 Å². The summed E-state index contributed by atoms with van der Waals surface area (Å²) in [7, 11) is 0. The molecule has 0 N–H and O–H groups in total. The van der Waals surface area contributed by atoms with E-state index < -0.39 is 0 Å². The van der Waals surface area contributed by atoms with Crippen LogP contribution in [0.2, 0.25) is 0 Å². The molecule has 3 nitrogen and oxygen atoms in total. The zero-order valence-corrected chi connectivity index (χ0v) is 12.4.